The topological polar surface area (TPSA) is 52.0 Å². The van der Waals surface area contributed by atoms with Crippen LogP contribution in [0.2, 0.25) is 0 Å². The van der Waals surface area contributed by atoms with Crippen LogP contribution >= 0.6 is 0 Å². The fraction of sp³-hybridized carbons (Fsp3) is 0.0526. The monoisotopic (exact) mass is 328 g/mol. The molecule has 3 aromatic carbocycles. The van der Waals surface area contributed by atoms with E-state index in [1.807, 2.05) is 12.1 Å². The molecule has 0 aliphatic heterocycles. The standard InChI is InChI=1S/C19H15F3N2/c20-19(21,22)17-4-2-1-3-15(17)16-11-13(7-10-18(16)24)12-5-8-14(23)9-6-12/h1-11H,23-24H2. The lowest BCUT2D eigenvalue weighted by Crippen LogP contribution is -2.07. The minimum Gasteiger partial charge on any atom is -0.399 e. The van der Waals surface area contributed by atoms with Crippen molar-refractivity contribution in [3.63, 3.8) is 0 Å². The summed E-state index contributed by atoms with van der Waals surface area (Å²) in [4.78, 5) is 0. The van der Waals surface area contributed by atoms with Gasteiger partial charge in [0.2, 0.25) is 0 Å². The Morgan fingerprint density at radius 2 is 1.29 bits per heavy atom. The SMILES string of the molecule is Nc1ccc(-c2ccc(N)c(-c3ccccc3C(F)(F)F)c2)cc1. The van der Waals surface area contributed by atoms with E-state index in [2.05, 4.69) is 0 Å². The van der Waals surface area contributed by atoms with Crippen molar-refractivity contribution in [2.75, 3.05) is 11.5 Å². The number of rotatable bonds is 2. The molecule has 0 aliphatic rings. The first kappa shape index (κ1) is 15.9. The van der Waals surface area contributed by atoms with Gasteiger partial charge in [0.05, 0.1) is 5.56 Å². The molecule has 0 unspecified atom stereocenters. The van der Waals surface area contributed by atoms with Crippen molar-refractivity contribution in [1.82, 2.24) is 0 Å². The second kappa shape index (κ2) is 5.92. The van der Waals surface area contributed by atoms with Gasteiger partial charge in [0, 0.05) is 16.9 Å². The smallest absolute Gasteiger partial charge is 0.399 e. The molecule has 0 saturated carbocycles. The van der Waals surface area contributed by atoms with Crippen LogP contribution in [0.3, 0.4) is 0 Å². The average molecular weight is 328 g/mol. The Balaban J connectivity index is 2.16. The minimum atomic E-state index is -4.44. The molecule has 0 aliphatic carbocycles. The van der Waals surface area contributed by atoms with Gasteiger partial charge in [-0.25, -0.2) is 0 Å². The molecule has 24 heavy (non-hydrogen) atoms. The highest BCUT2D eigenvalue weighted by atomic mass is 19.4. The van der Waals surface area contributed by atoms with Gasteiger partial charge in [-0.3, -0.25) is 0 Å². The van der Waals surface area contributed by atoms with E-state index in [1.54, 1.807) is 36.4 Å². The van der Waals surface area contributed by atoms with Gasteiger partial charge in [0.25, 0.3) is 0 Å². The quantitative estimate of drug-likeness (QED) is 0.635. The van der Waals surface area contributed by atoms with E-state index >= 15 is 0 Å². The number of nitrogens with two attached hydrogens (primary N) is 2. The highest BCUT2D eigenvalue weighted by Gasteiger charge is 2.33. The summed E-state index contributed by atoms with van der Waals surface area (Å²) < 4.78 is 39.8. The molecule has 0 amide bonds. The lowest BCUT2D eigenvalue weighted by Gasteiger charge is -2.15. The van der Waals surface area contributed by atoms with E-state index in [0.29, 0.717) is 16.9 Å². The van der Waals surface area contributed by atoms with Crippen LogP contribution in [0, 0.1) is 0 Å². The van der Waals surface area contributed by atoms with Crippen molar-refractivity contribution < 1.29 is 13.2 Å². The molecule has 0 atom stereocenters. The summed E-state index contributed by atoms with van der Waals surface area (Å²) in [5, 5.41) is 0. The summed E-state index contributed by atoms with van der Waals surface area (Å²) in [6.45, 7) is 0. The molecule has 0 bridgehead atoms. The van der Waals surface area contributed by atoms with E-state index in [4.69, 9.17) is 11.5 Å². The van der Waals surface area contributed by atoms with Gasteiger partial charge < -0.3 is 11.5 Å². The number of nitrogen functional groups attached to an aromatic ring is 2. The van der Waals surface area contributed by atoms with Crippen LogP contribution in [-0.4, -0.2) is 0 Å². The van der Waals surface area contributed by atoms with Gasteiger partial charge in [-0.05, 0) is 47.0 Å². The highest BCUT2D eigenvalue weighted by Crippen LogP contribution is 2.40. The first-order valence-corrected chi connectivity index (χ1v) is 7.28. The largest absolute Gasteiger partial charge is 0.417 e. The van der Waals surface area contributed by atoms with E-state index < -0.39 is 11.7 Å². The number of hydrogen-bond acceptors (Lipinski definition) is 2. The normalized spacial score (nSPS) is 11.5. The van der Waals surface area contributed by atoms with Gasteiger partial charge in [0.15, 0.2) is 0 Å². The third-order valence-electron chi connectivity index (χ3n) is 3.82. The Hall–Kier alpha value is -2.95. The van der Waals surface area contributed by atoms with Gasteiger partial charge in [0.1, 0.15) is 0 Å². The first-order chi connectivity index (χ1) is 11.4. The van der Waals surface area contributed by atoms with Gasteiger partial charge >= 0.3 is 6.18 Å². The fourth-order valence-electron chi connectivity index (χ4n) is 2.61. The summed E-state index contributed by atoms with van der Waals surface area (Å²) in [6, 6.07) is 17.6. The van der Waals surface area contributed by atoms with Gasteiger partial charge in [-0.15, -0.1) is 0 Å². The molecular weight excluding hydrogens is 313 g/mol. The molecule has 4 N–H and O–H groups in total. The molecular formula is C19H15F3N2. The maximum Gasteiger partial charge on any atom is 0.417 e. The summed E-state index contributed by atoms with van der Waals surface area (Å²) >= 11 is 0. The molecule has 0 saturated heterocycles. The van der Waals surface area contributed by atoms with Crippen molar-refractivity contribution in [2.24, 2.45) is 0 Å². The molecule has 2 nitrogen and oxygen atoms in total. The van der Waals surface area contributed by atoms with Crippen LogP contribution in [0.5, 0.6) is 0 Å². The summed E-state index contributed by atoms with van der Waals surface area (Å²) in [5.74, 6) is 0. The van der Waals surface area contributed by atoms with E-state index in [1.165, 1.54) is 12.1 Å². The van der Waals surface area contributed by atoms with Crippen molar-refractivity contribution in [2.45, 2.75) is 6.18 Å². The molecule has 3 aromatic rings. The molecule has 0 fully saturated rings. The van der Waals surface area contributed by atoms with E-state index in [0.717, 1.165) is 17.2 Å². The molecule has 0 spiro atoms. The number of halogens is 3. The third-order valence-corrected chi connectivity index (χ3v) is 3.82. The Kier molecular flexibility index (Phi) is 3.93. The van der Waals surface area contributed by atoms with Crippen LogP contribution < -0.4 is 11.5 Å². The summed E-state index contributed by atoms with van der Waals surface area (Å²) in [7, 11) is 0. The van der Waals surface area contributed by atoms with Crippen molar-refractivity contribution in [1.29, 1.82) is 0 Å². The lowest BCUT2D eigenvalue weighted by atomic mass is 9.94. The predicted molar refractivity (Wildman–Crippen MR) is 91.1 cm³/mol. The van der Waals surface area contributed by atoms with Crippen molar-refractivity contribution >= 4 is 11.4 Å². The third kappa shape index (κ3) is 3.06. The van der Waals surface area contributed by atoms with Crippen LogP contribution in [0.25, 0.3) is 22.3 Å². The molecule has 122 valence electrons. The average Bonchev–Trinajstić information content (AvgIpc) is 2.55. The Bertz CT molecular complexity index is 869. The number of anilines is 2. The van der Waals surface area contributed by atoms with Crippen molar-refractivity contribution in [3.8, 4) is 22.3 Å². The summed E-state index contributed by atoms with van der Waals surface area (Å²) in [5.41, 5.74) is 13.9. The predicted octanol–water partition coefficient (Wildman–Crippen LogP) is 5.20. The zero-order chi connectivity index (χ0) is 17.3. The maximum absolute atomic E-state index is 13.3. The summed E-state index contributed by atoms with van der Waals surface area (Å²) in [6.07, 6.45) is -4.44. The second-order valence-electron chi connectivity index (χ2n) is 5.47. The maximum atomic E-state index is 13.3. The fourth-order valence-corrected chi connectivity index (χ4v) is 2.61. The number of alkyl halides is 3. The van der Waals surface area contributed by atoms with Gasteiger partial charge in [-0.1, -0.05) is 36.4 Å². The lowest BCUT2D eigenvalue weighted by molar-refractivity contribution is -0.137. The van der Waals surface area contributed by atoms with E-state index in [-0.39, 0.29) is 5.56 Å². The number of benzene rings is 3. The first-order valence-electron chi connectivity index (χ1n) is 7.28. The van der Waals surface area contributed by atoms with Crippen molar-refractivity contribution in [3.05, 3.63) is 72.3 Å². The zero-order valence-corrected chi connectivity index (χ0v) is 12.6. The zero-order valence-electron chi connectivity index (χ0n) is 12.6. The Morgan fingerprint density at radius 1 is 0.667 bits per heavy atom. The molecule has 0 aromatic heterocycles. The van der Waals surface area contributed by atoms with Gasteiger partial charge in [-0.2, -0.15) is 13.2 Å². The second-order valence-corrected chi connectivity index (χ2v) is 5.47. The molecule has 5 heteroatoms. The van der Waals surface area contributed by atoms with E-state index in [9.17, 15) is 13.2 Å². The molecule has 0 heterocycles. The highest BCUT2D eigenvalue weighted by molar-refractivity contribution is 5.83. The Labute approximate surface area is 137 Å². The number of hydrogen-bond donors (Lipinski definition) is 2. The minimum absolute atomic E-state index is 0.0693. The molecule has 3 rings (SSSR count). The van der Waals surface area contributed by atoms with Crippen LogP contribution in [-0.2, 0) is 6.18 Å². The molecule has 0 radical (unpaired) electrons. The van der Waals surface area contributed by atoms with Crippen LogP contribution in [0.4, 0.5) is 24.5 Å². The van der Waals surface area contributed by atoms with Crippen LogP contribution in [0.15, 0.2) is 66.7 Å². The Morgan fingerprint density at radius 3 is 1.96 bits per heavy atom. The van der Waals surface area contributed by atoms with Crippen LogP contribution in [0.1, 0.15) is 5.56 Å².